The molecule has 2 aromatic rings. The molecule has 84 valence electrons. The maximum Gasteiger partial charge on any atom is 0.152 e. The summed E-state index contributed by atoms with van der Waals surface area (Å²) in [6, 6.07) is 8.01. The molecule has 1 heterocycles. The Labute approximate surface area is 108 Å². The lowest BCUT2D eigenvalue weighted by atomic mass is 10.1. The minimum absolute atomic E-state index is 0.503. The predicted octanol–water partition coefficient (Wildman–Crippen LogP) is 5.12. The molecule has 16 heavy (non-hydrogen) atoms. The van der Waals surface area contributed by atoms with Crippen molar-refractivity contribution < 1.29 is 4.42 Å². The van der Waals surface area contributed by atoms with Gasteiger partial charge in [-0.25, -0.2) is 0 Å². The summed E-state index contributed by atoms with van der Waals surface area (Å²) in [5.41, 5.74) is 0.825. The van der Waals surface area contributed by atoms with Gasteiger partial charge in [-0.1, -0.05) is 46.1 Å². The Morgan fingerprint density at radius 3 is 2.88 bits per heavy atom. The van der Waals surface area contributed by atoms with Crippen molar-refractivity contribution in [3.8, 4) is 0 Å². The molecule has 0 N–H and O–H groups in total. The van der Waals surface area contributed by atoms with E-state index in [0.29, 0.717) is 15.8 Å². The minimum atomic E-state index is 0.503. The average molecular weight is 300 g/mol. The van der Waals surface area contributed by atoms with E-state index in [1.165, 1.54) is 19.3 Å². The molecule has 1 fully saturated rings. The average Bonchev–Trinajstić information content (AvgIpc) is 2.84. The maximum absolute atomic E-state index is 6.11. The second kappa shape index (κ2) is 4.08. The van der Waals surface area contributed by atoms with Crippen molar-refractivity contribution in [2.24, 2.45) is 0 Å². The first kappa shape index (κ1) is 10.7. The fraction of sp³-hybridized carbons (Fsp3) is 0.385. The molecular weight excluding hydrogens is 287 g/mol. The van der Waals surface area contributed by atoms with E-state index >= 15 is 0 Å². The highest BCUT2D eigenvalue weighted by molar-refractivity contribution is 9.09. The highest BCUT2D eigenvalue weighted by Crippen LogP contribution is 2.41. The van der Waals surface area contributed by atoms with E-state index in [0.717, 1.165) is 16.7 Å². The Morgan fingerprint density at radius 2 is 2.19 bits per heavy atom. The fourth-order valence-corrected chi connectivity index (χ4v) is 3.53. The zero-order chi connectivity index (χ0) is 11.1. The van der Waals surface area contributed by atoms with Gasteiger partial charge in [0, 0.05) is 16.1 Å². The molecule has 0 aliphatic heterocycles. The van der Waals surface area contributed by atoms with Crippen LogP contribution in [0.25, 0.3) is 11.0 Å². The molecule has 0 radical (unpaired) electrons. The molecule has 0 amide bonds. The van der Waals surface area contributed by atoms with Gasteiger partial charge in [-0.3, -0.25) is 0 Å². The van der Waals surface area contributed by atoms with Crippen LogP contribution in [0.1, 0.15) is 30.9 Å². The van der Waals surface area contributed by atoms with Crippen molar-refractivity contribution in [2.45, 2.75) is 30.0 Å². The molecule has 0 spiro atoms. The van der Waals surface area contributed by atoms with Crippen LogP contribution in [-0.4, -0.2) is 4.83 Å². The molecule has 0 saturated heterocycles. The fourth-order valence-electron chi connectivity index (χ4n) is 2.47. The Balaban J connectivity index is 2.08. The van der Waals surface area contributed by atoms with Gasteiger partial charge in [0.15, 0.2) is 5.58 Å². The molecular formula is C13H12BrClO. The van der Waals surface area contributed by atoms with Crippen LogP contribution >= 0.6 is 27.5 Å². The summed E-state index contributed by atoms with van der Waals surface area (Å²) in [7, 11) is 0. The van der Waals surface area contributed by atoms with E-state index in [4.69, 9.17) is 16.0 Å². The highest BCUT2D eigenvalue weighted by atomic mass is 79.9. The van der Waals surface area contributed by atoms with Gasteiger partial charge in [0.2, 0.25) is 0 Å². The van der Waals surface area contributed by atoms with E-state index < -0.39 is 0 Å². The largest absolute Gasteiger partial charge is 0.459 e. The first-order valence-corrected chi connectivity index (χ1v) is 6.87. The molecule has 1 aromatic heterocycles. The van der Waals surface area contributed by atoms with Crippen molar-refractivity contribution in [1.29, 1.82) is 0 Å². The zero-order valence-electron chi connectivity index (χ0n) is 8.75. The molecule has 1 nitrogen and oxygen atoms in total. The molecule has 3 heteroatoms. The first-order chi connectivity index (χ1) is 7.75. The summed E-state index contributed by atoms with van der Waals surface area (Å²) in [4.78, 5) is 0.548. The second-order valence-corrected chi connectivity index (χ2v) is 5.94. The topological polar surface area (TPSA) is 13.1 Å². The van der Waals surface area contributed by atoms with Gasteiger partial charge in [-0.2, -0.15) is 0 Å². The van der Waals surface area contributed by atoms with Crippen molar-refractivity contribution in [2.75, 3.05) is 0 Å². The van der Waals surface area contributed by atoms with E-state index in [9.17, 15) is 0 Å². The number of furan rings is 1. The predicted molar refractivity (Wildman–Crippen MR) is 70.5 cm³/mol. The van der Waals surface area contributed by atoms with Crippen molar-refractivity contribution >= 4 is 38.5 Å². The van der Waals surface area contributed by atoms with Crippen molar-refractivity contribution in [3.63, 3.8) is 0 Å². The number of alkyl halides is 1. The number of benzene rings is 1. The van der Waals surface area contributed by atoms with E-state index in [1.807, 2.05) is 18.2 Å². The SMILES string of the molecule is Clc1cccc2cc(C3CCCC3Br)oc12. The number of halogens is 2. The monoisotopic (exact) mass is 298 g/mol. The quantitative estimate of drug-likeness (QED) is 0.666. The molecule has 1 aromatic carbocycles. The molecule has 0 bridgehead atoms. The smallest absolute Gasteiger partial charge is 0.152 e. The molecule has 2 unspecified atom stereocenters. The Bertz CT molecular complexity index is 520. The highest BCUT2D eigenvalue weighted by Gasteiger charge is 2.29. The van der Waals surface area contributed by atoms with Gasteiger partial charge in [0.25, 0.3) is 0 Å². The van der Waals surface area contributed by atoms with Crippen LogP contribution in [0.2, 0.25) is 5.02 Å². The van der Waals surface area contributed by atoms with Crippen LogP contribution in [0.5, 0.6) is 0 Å². The van der Waals surface area contributed by atoms with Gasteiger partial charge in [0.05, 0.1) is 5.02 Å². The third kappa shape index (κ3) is 1.68. The van der Waals surface area contributed by atoms with Crippen LogP contribution in [0.15, 0.2) is 28.7 Å². The number of rotatable bonds is 1. The van der Waals surface area contributed by atoms with Gasteiger partial charge in [-0.15, -0.1) is 0 Å². The van der Waals surface area contributed by atoms with Crippen LogP contribution in [0.3, 0.4) is 0 Å². The number of hydrogen-bond donors (Lipinski definition) is 0. The zero-order valence-corrected chi connectivity index (χ0v) is 11.1. The van der Waals surface area contributed by atoms with Gasteiger partial charge >= 0.3 is 0 Å². The van der Waals surface area contributed by atoms with Crippen LogP contribution in [-0.2, 0) is 0 Å². The first-order valence-electron chi connectivity index (χ1n) is 5.58. The molecule has 1 aliphatic carbocycles. The minimum Gasteiger partial charge on any atom is -0.459 e. The second-order valence-electron chi connectivity index (χ2n) is 4.36. The molecule has 2 atom stereocenters. The number of hydrogen-bond acceptors (Lipinski definition) is 1. The third-order valence-corrected chi connectivity index (χ3v) is 4.71. The molecule has 3 rings (SSSR count). The third-order valence-electron chi connectivity index (χ3n) is 3.31. The Kier molecular flexibility index (Phi) is 2.72. The van der Waals surface area contributed by atoms with Crippen LogP contribution in [0, 0.1) is 0 Å². The normalized spacial score (nSPS) is 25.4. The van der Waals surface area contributed by atoms with Crippen LogP contribution < -0.4 is 0 Å². The lowest BCUT2D eigenvalue weighted by molar-refractivity contribution is 0.500. The lowest BCUT2D eigenvalue weighted by Crippen LogP contribution is -2.02. The number of para-hydroxylation sites is 1. The molecule has 1 aliphatic rings. The van der Waals surface area contributed by atoms with E-state index in [1.54, 1.807) is 0 Å². The van der Waals surface area contributed by atoms with Crippen molar-refractivity contribution in [1.82, 2.24) is 0 Å². The Morgan fingerprint density at radius 1 is 1.31 bits per heavy atom. The van der Waals surface area contributed by atoms with E-state index in [2.05, 4.69) is 22.0 Å². The summed E-state index contributed by atoms with van der Waals surface area (Å²) in [6.45, 7) is 0. The number of fused-ring (bicyclic) bond motifs is 1. The standard InChI is InChI=1S/C13H12BrClO/c14-10-5-2-4-9(10)12-7-8-3-1-6-11(15)13(8)16-12/h1,3,6-7,9-10H,2,4-5H2. The van der Waals surface area contributed by atoms with Gasteiger partial charge < -0.3 is 4.42 Å². The Hall–Kier alpha value is -0.470. The van der Waals surface area contributed by atoms with Gasteiger partial charge in [0.1, 0.15) is 5.76 Å². The summed E-state index contributed by atoms with van der Waals surface area (Å²) in [6.07, 6.45) is 3.70. The summed E-state index contributed by atoms with van der Waals surface area (Å²) in [5, 5.41) is 1.81. The lowest BCUT2D eigenvalue weighted by Gasteiger charge is -2.09. The molecule has 1 saturated carbocycles. The van der Waals surface area contributed by atoms with Gasteiger partial charge in [-0.05, 0) is 25.0 Å². The summed E-state index contributed by atoms with van der Waals surface area (Å²) >= 11 is 9.83. The van der Waals surface area contributed by atoms with Crippen LogP contribution in [0.4, 0.5) is 0 Å². The summed E-state index contributed by atoms with van der Waals surface area (Å²) in [5.74, 6) is 1.57. The summed E-state index contributed by atoms with van der Waals surface area (Å²) < 4.78 is 5.89. The maximum atomic E-state index is 6.11. The van der Waals surface area contributed by atoms with E-state index in [-0.39, 0.29) is 0 Å². The van der Waals surface area contributed by atoms with Crippen molar-refractivity contribution in [3.05, 3.63) is 35.0 Å².